The lowest BCUT2D eigenvalue weighted by Crippen LogP contribution is -1.88. The molecule has 0 radical (unpaired) electrons. The van der Waals surface area contributed by atoms with Crippen LogP contribution in [0.4, 0.5) is 0 Å². The van der Waals surface area contributed by atoms with Gasteiger partial charge in [0.2, 0.25) is 0 Å². The van der Waals surface area contributed by atoms with E-state index in [1.807, 2.05) is 140 Å². The SMILES string of the molecule is c1ccc2c(c1)c1ccccc1c1cnncc21.c1ccc2c(c1)c1ccccc1c1ncncc21.c1ccc2c(c1)c1ncccc1c1cccnc21.c1ccc2c(c1)ccc1c3ccccc3ncc21.c1ccc2c(c1)ccc1nc3ccccc3nc12.c1ccc2cc3c(cc2c1)oc1ccccc13.c1ccc2cc3c(cc2c1)sc1ccccc13. The molecule has 0 saturated carbocycles. The number of rotatable bonds is 0. The Bertz CT molecular complexity index is 7700. The smallest absolute Gasteiger partial charge is 0.136 e. The average Bonchev–Trinajstić information content (AvgIpc) is 1.17. The van der Waals surface area contributed by atoms with Crippen molar-refractivity contribution in [3.63, 3.8) is 0 Å². The molecule has 0 atom stereocenters. The van der Waals surface area contributed by atoms with Gasteiger partial charge >= 0.3 is 0 Å². The first kappa shape index (κ1) is 73.9. The highest BCUT2D eigenvalue weighted by Gasteiger charge is 2.15. The Kier molecular flexibility index (Phi) is 19.3. The number of thiophene rings is 1. The summed E-state index contributed by atoms with van der Waals surface area (Å²) in [5.74, 6) is 0. The molecule has 124 heavy (non-hydrogen) atoms. The second-order valence-corrected chi connectivity index (χ2v) is 31.7. The molecule has 0 amide bonds. The number of fused-ring (bicyclic) bond motifs is 35. The zero-order valence-electron chi connectivity index (χ0n) is 66.8. The summed E-state index contributed by atoms with van der Waals surface area (Å²) in [4.78, 5) is 31.6. The predicted octanol–water partition coefficient (Wildman–Crippen LogP) is 30.2. The van der Waals surface area contributed by atoms with Crippen LogP contribution in [0.25, 0.3) is 226 Å². The maximum atomic E-state index is 5.86. The van der Waals surface area contributed by atoms with Crippen LogP contribution in [0, 0.1) is 0 Å². The number of furan rings is 1. The molecule has 0 fully saturated rings. The van der Waals surface area contributed by atoms with E-state index in [2.05, 4.69) is 337 Å². The maximum absolute atomic E-state index is 5.86. The highest BCUT2D eigenvalue weighted by molar-refractivity contribution is 7.25. The highest BCUT2D eigenvalue weighted by Crippen LogP contribution is 2.40. The standard InChI is InChI=1S/C17H11N.4C16H10N2.C16H10O.C16H10S/c1-2-6-13-12(5-1)9-10-14-15-7-3-4-8-17(15)18-11-16(13)14;1-3-7-13-11(5-1)12-6-2-4-8-14(12)16-10-18-17-9-15(13)16;1-2-6-12-11(5-1)15-13(7-3-9-17-15)14-8-4-10-18-16(12)14;1-2-7-13-11(5-1)12-6-3-4-8-14(12)16-15(13)9-17-10-18-16;1-2-6-12-11(5-1)9-10-15-16(12)18-14-8-4-3-7-13(14)17-15;2*1-2-6-12-10-16-14(9-11(12)5-1)13-7-3-4-8-15(13)17-16/h1-11H;4*1-10H;2*1-10H. The average molecular weight is 1600 g/mol. The highest BCUT2D eigenvalue weighted by atomic mass is 32.1. The van der Waals surface area contributed by atoms with Crippen molar-refractivity contribution in [3.8, 4) is 0 Å². The third-order valence-corrected chi connectivity index (χ3v) is 24.6. The van der Waals surface area contributed by atoms with Gasteiger partial charge in [-0.05, 0) is 154 Å². The van der Waals surface area contributed by atoms with Crippen LogP contribution in [0.3, 0.4) is 0 Å². The Morgan fingerprint density at radius 3 is 1.19 bits per heavy atom. The number of nitrogens with zero attached hydrogens (tertiary/aromatic N) is 9. The van der Waals surface area contributed by atoms with E-state index in [-0.39, 0.29) is 0 Å². The van der Waals surface area contributed by atoms with Gasteiger partial charge in [0.25, 0.3) is 0 Å². The van der Waals surface area contributed by atoms with Gasteiger partial charge in [0, 0.05) is 115 Å². The molecule has 0 aliphatic heterocycles. The van der Waals surface area contributed by atoms with Crippen LogP contribution in [-0.2, 0) is 0 Å². The van der Waals surface area contributed by atoms with Gasteiger partial charge < -0.3 is 4.42 Å². The lowest BCUT2D eigenvalue weighted by atomic mass is 9.96. The van der Waals surface area contributed by atoms with Crippen LogP contribution in [0.15, 0.2) is 436 Å². The van der Waals surface area contributed by atoms with Crippen LogP contribution >= 0.6 is 11.3 Å². The van der Waals surface area contributed by atoms with E-state index < -0.39 is 0 Å². The summed E-state index contributed by atoms with van der Waals surface area (Å²) in [6.45, 7) is 0. The molecule has 28 aromatic rings. The van der Waals surface area contributed by atoms with Crippen molar-refractivity contribution in [1.82, 2.24) is 45.1 Å². The van der Waals surface area contributed by atoms with Gasteiger partial charge in [-0.3, -0.25) is 15.0 Å². The van der Waals surface area contributed by atoms with E-state index in [9.17, 15) is 0 Å². The predicted molar refractivity (Wildman–Crippen MR) is 523 cm³/mol. The van der Waals surface area contributed by atoms with Crippen molar-refractivity contribution >= 4 is 238 Å². The molecule has 8 aromatic heterocycles. The van der Waals surface area contributed by atoms with Crippen LogP contribution in [0.1, 0.15) is 0 Å². The first-order valence-electron chi connectivity index (χ1n) is 41.3. The first-order valence-corrected chi connectivity index (χ1v) is 42.1. The Hall–Kier alpha value is -16.5. The molecule has 0 spiro atoms. The van der Waals surface area contributed by atoms with Gasteiger partial charge in [0.05, 0.1) is 56.5 Å². The molecule has 0 aliphatic carbocycles. The van der Waals surface area contributed by atoms with Crippen molar-refractivity contribution in [1.29, 1.82) is 0 Å². The summed E-state index contributed by atoms with van der Waals surface area (Å²) >= 11 is 1.88. The topological polar surface area (TPSA) is 129 Å². The molecular formula is C113H71N9OS. The summed E-state index contributed by atoms with van der Waals surface area (Å²) in [7, 11) is 0. The third kappa shape index (κ3) is 13.8. The molecule has 0 bridgehead atoms. The molecule has 0 saturated heterocycles. The summed E-state index contributed by atoms with van der Waals surface area (Å²) in [6.07, 6.45) is 12.9. The third-order valence-electron chi connectivity index (χ3n) is 23.4. The molecule has 28 rings (SSSR count). The minimum absolute atomic E-state index is 0.945. The lowest BCUT2D eigenvalue weighted by molar-refractivity contribution is 0.669. The zero-order chi connectivity index (χ0) is 82.2. The summed E-state index contributed by atoms with van der Waals surface area (Å²) in [5, 5.41) is 45.0. The number of aromatic nitrogens is 9. The number of hydrogen-bond acceptors (Lipinski definition) is 11. The van der Waals surface area contributed by atoms with Gasteiger partial charge in [0.15, 0.2) is 0 Å². The molecule has 0 N–H and O–H groups in total. The monoisotopic (exact) mass is 1600 g/mol. The molecule has 0 aliphatic rings. The molecular weight excluding hydrogens is 1530 g/mol. The Morgan fingerprint density at radius 2 is 0.581 bits per heavy atom. The van der Waals surface area contributed by atoms with E-state index in [1.165, 1.54) is 160 Å². The molecule has 580 valence electrons. The second kappa shape index (κ2) is 32.3. The van der Waals surface area contributed by atoms with Crippen LogP contribution in [-0.4, -0.2) is 45.1 Å². The van der Waals surface area contributed by atoms with Crippen LogP contribution in [0.2, 0.25) is 0 Å². The molecule has 10 nitrogen and oxygen atoms in total. The van der Waals surface area contributed by atoms with Crippen molar-refractivity contribution < 1.29 is 4.42 Å². The Labute approximate surface area is 714 Å². The van der Waals surface area contributed by atoms with Gasteiger partial charge in [0.1, 0.15) is 17.5 Å². The van der Waals surface area contributed by atoms with Crippen molar-refractivity contribution in [2.45, 2.75) is 0 Å². The van der Waals surface area contributed by atoms with Gasteiger partial charge in [-0.25, -0.2) is 19.9 Å². The normalized spacial score (nSPS) is 11.4. The fourth-order valence-electron chi connectivity index (χ4n) is 17.6. The van der Waals surface area contributed by atoms with E-state index in [0.29, 0.717) is 0 Å². The number of benzene rings is 20. The summed E-state index contributed by atoms with van der Waals surface area (Å²) < 4.78 is 8.61. The van der Waals surface area contributed by atoms with Crippen molar-refractivity contribution in [3.05, 3.63) is 432 Å². The lowest BCUT2D eigenvalue weighted by Gasteiger charge is -2.08. The number of hydrogen-bond donors (Lipinski definition) is 0. The fraction of sp³-hybridized carbons (Fsp3) is 0. The largest absolute Gasteiger partial charge is 0.456 e. The quantitative estimate of drug-likeness (QED) is 0.107. The van der Waals surface area contributed by atoms with Gasteiger partial charge in [-0.15, -0.1) is 11.3 Å². The summed E-state index contributed by atoms with van der Waals surface area (Å²) in [6, 6.07) is 134. The number of pyridine rings is 3. The molecule has 11 heteroatoms. The zero-order valence-corrected chi connectivity index (χ0v) is 67.6. The number of para-hydroxylation sites is 4. The molecule has 8 heterocycles. The van der Waals surface area contributed by atoms with Gasteiger partial charge in [-0.2, -0.15) is 10.2 Å². The van der Waals surface area contributed by atoms with Crippen LogP contribution in [0.5, 0.6) is 0 Å². The second-order valence-electron chi connectivity index (χ2n) is 30.6. The van der Waals surface area contributed by atoms with E-state index in [1.54, 1.807) is 6.33 Å². The van der Waals surface area contributed by atoms with Crippen LogP contribution < -0.4 is 0 Å². The van der Waals surface area contributed by atoms with Crippen molar-refractivity contribution in [2.24, 2.45) is 0 Å². The molecule has 20 aromatic carbocycles. The Balaban J connectivity index is 0.0000000860. The minimum atomic E-state index is 0.945. The van der Waals surface area contributed by atoms with Crippen molar-refractivity contribution in [2.75, 3.05) is 0 Å². The van der Waals surface area contributed by atoms with E-state index >= 15 is 0 Å². The first-order chi connectivity index (χ1) is 61.5. The Morgan fingerprint density at radius 1 is 0.185 bits per heavy atom. The molecule has 0 unspecified atom stereocenters. The maximum Gasteiger partial charge on any atom is 0.136 e. The minimum Gasteiger partial charge on any atom is -0.456 e. The fourth-order valence-corrected chi connectivity index (χ4v) is 18.8. The summed E-state index contributed by atoms with van der Waals surface area (Å²) in [5.41, 5.74) is 9.92. The van der Waals surface area contributed by atoms with E-state index in [4.69, 9.17) is 9.40 Å². The van der Waals surface area contributed by atoms with Gasteiger partial charge in [-0.1, -0.05) is 315 Å². The van der Waals surface area contributed by atoms with E-state index in [0.717, 1.165) is 66.1 Å².